The molecular weight excluding hydrogens is 533 g/mol. The first-order valence-electron chi connectivity index (χ1n) is 12.9. The van der Waals surface area contributed by atoms with Crippen LogP contribution in [0.3, 0.4) is 0 Å². The Morgan fingerprint density at radius 3 is 1.85 bits per heavy atom. The number of carbonyl (C=O) groups excluding carboxylic acids is 1. The Bertz CT molecular complexity index is 1260. The number of carboxylic acids is 1. The van der Waals surface area contributed by atoms with E-state index < -0.39 is 27.6 Å². The molecule has 7 nitrogen and oxygen atoms in total. The van der Waals surface area contributed by atoms with E-state index in [1.807, 2.05) is 24.3 Å². The molecular formula is C28H35F3N2O5S. The van der Waals surface area contributed by atoms with Crippen LogP contribution in [0, 0.1) is 0 Å². The highest BCUT2D eigenvalue weighted by molar-refractivity contribution is 7.92. The molecule has 0 aliphatic heterocycles. The Balaban J connectivity index is 0.000000532. The molecule has 2 aromatic carbocycles. The van der Waals surface area contributed by atoms with Crippen LogP contribution in [-0.2, 0) is 30.4 Å². The Kier molecular flexibility index (Phi) is 9.04. The number of amides is 1. The van der Waals surface area contributed by atoms with Gasteiger partial charge in [-0.3, -0.25) is 9.52 Å². The van der Waals surface area contributed by atoms with Crippen LogP contribution in [0.15, 0.2) is 53.4 Å². The van der Waals surface area contributed by atoms with Gasteiger partial charge in [0, 0.05) is 11.7 Å². The lowest BCUT2D eigenvalue weighted by molar-refractivity contribution is -0.192. The van der Waals surface area contributed by atoms with Gasteiger partial charge in [0.15, 0.2) is 0 Å². The lowest BCUT2D eigenvalue weighted by Crippen LogP contribution is -2.42. The maximum absolute atomic E-state index is 13.0. The number of carbonyl (C=O) groups is 2. The number of nitrogens with one attached hydrogen (secondary N) is 2. The highest BCUT2D eigenvalue weighted by Crippen LogP contribution is 2.49. The van der Waals surface area contributed by atoms with Gasteiger partial charge in [0.25, 0.3) is 10.0 Å². The highest BCUT2D eigenvalue weighted by atomic mass is 32.2. The van der Waals surface area contributed by atoms with Crippen LogP contribution in [0.4, 0.5) is 18.9 Å². The molecule has 0 radical (unpaired) electrons. The molecule has 0 saturated heterocycles. The van der Waals surface area contributed by atoms with E-state index in [-0.39, 0.29) is 16.2 Å². The monoisotopic (exact) mass is 568 g/mol. The number of halogens is 3. The number of sulfonamides is 1. The minimum Gasteiger partial charge on any atom is -0.475 e. The van der Waals surface area contributed by atoms with Crippen molar-refractivity contribution in [2.24, 2.45) is 0 Å². The van der Waals surface area contributed by atoms with Gasteiger partial charge in [-0.2, -0.15) is 13.2 Å². The fraction of sp³-hybridized carbons (Fsp3) is 0.500. The quantitative estimate of drug-likeness (QED) is 0.402. The van der Waals surface area contributed by atoms with E-state index >= 15 is 0 Å². The third-order valence-electron chi connectivity index (χ3n) is 7.09. The van der Waals surface area contributed by atoms with Crippen LogP contribution in [0.25, 0.3) is 0 Å². The van der Waals surface area contributed by atoms with Gasteiger partial charge < -0.3 is 10.4 Å². The number of alkyl halides is 3. The summed E-state index contributed by atoms with van der Waals surface area (Å²) < 4.78 is 60.0. The number of anilines is 1. The van der Waals surface area contributed by atoms with E-state index in [1.54, 1.807) is 24.3 Å². The number of hydrogen-bond donors (Lipinski definition) is 3. The van der Waals surface area contributed by atoms with Gasteiger partial charge >= 0.3 is 12.1 Å². The second-order valence-corrected chi connectivity index (χ2v) is 12.8. The summed E-state index contributed by atoms with van der Waals surface area (Å²) in [5.74, 6) is -2.64. The lowest BCUT2D eigenvalue weighted by Gasteiger charge is -2.25. The third-order valence-corrected chi connectivity index (χ3v) is 8.49. The fourth-order valence-electron chi connectivity index (χ4n) is 4.55. The standard InChI is InChI=1S/C26H34N2O3S.C2HF3O2/c1-25(2,3)19-11-15-23(16-12-19)32(30,31)28-22-13-9-20(10-14-22)26(17-18-26)24(29)27-21-7-5-4-6-8-21;3-2(4,5)1(6)7/h9-16,21,28H,4-8,17-18H2,1-3H3,(H,27,29);(H,6,7). The van der Waals surface area contributed by atoms with E-state index in [2.05, 4.69) is 30.8 Å². The van der Waals surface area contributed by atoms with Crippen molar-refractivity contribution in [2.45, 2.75) is 93.7 Å². The van der Waals surface area contributed by atoms with E-state index in [0.29, 0.717) is 11.7 Å². The Morgan fingerprint density at radius 1 is 0.897 bits per heavy atom. The fourth-order valence-corrected chi connectivity index (χ4v) is 5.61. The first-order valence-corrected chi connectivity index (χ1v) is 14.4. The van der Waals surface area contributed by atoms with Crippen LogP contribution >= 0.6 is 0 Å². The second-order valence-electron chi connectivity index (χ2n) is 11.2. The molecule has 2 aliphatic rings. The summed E-state index contributed by atoms with van der Waals surface area (Å²) in [5, 5.41) is 10.4. The summed E-state index contributed by atoms with van der Waals surface area (Å²) in [6, 6.07) is 14.6. The molecule has 2 aliphatic carbocycles. The Labute approximate surface area is 227 Å². The molecule has 0 bridgehead atoms. The number of rotatable bonds is 6. The largest absolute Gasteiger partial charge is 0.490 e. The number of carboxylic acid groups (broad SMARTS) is 1. The zero-order valence-corrected chi connectivity index (χ0v) is 23.1. The molecule has 39 heavy (non-hydrogen) atoms. The van der Waals surface area contributed by atoms with Crippen molar-refractivity contribution in [3.63, 3.8) is 0 Å². The molecule has 0 aromatic heterocycles. The highest BCUT2D eigenvalue weighted by Gasteiger charge is 2.51. The first kappa shape index (κ1) is 30.5. The topological polar surface area (TPSA) is 113 Å². The molecule has 0 heterocycles. The second kappa shape index (κ2) is 11.6. The van der Waals surface area contributed by atoms with Crippen molar-refractivity contribution in [1.29, 1.82) is 0 Å². The van der Waals surface area contributed by atoms with Crippen LogP contribution in [0.5, 0.6) is 0 Å². The zero-order valence-electron chi connectivity index (χ0n) is 22.3. The molecule has 2 saturated carbocycles. The molecule has 214 valence electrons. The van der Waals surface area contributed by atoms with Crippen LogP contribution in [0.1, 0.15) is 76.8 Å². The SMILES string of the molecule is CC(C)(C)c1ccc(S(=O)(=O)Nc2ccc(C3(C(=O)NC4CCCCC4)CC3)cc2)cc1.O=C(O)C(F)(F)F. The van der Waals surface area contributed by atoms with Crippen molar-refractivity contribution >= 4 is 27.6 Å². The van der Waals surface area contributed by atoms with E-state index in [1.165, 1.54) is 19.3 Å². The van der Waals surface area contributed by atoms with Crippen LogP contribution in [-0.4, -0.2) is 37.6 Å². The Morgan fingerprint density at radius 2 is 1.41 bits per heavy atom. The van der Waals surface area contributed by atoms with Crippen molar-refractivity contribution < 1.29 is 36.3 Å². The smallest absolute Gasteiger partial charge is 0.475 e. The zero-order chi connectivity index (χ0) is 29.1. The molecule has 4 rings (SSSR count). The minimum absolute atomic E-state index is 0.0341. The minimum atomic E-state index is -5.08. The first-order chi connectivity index (χ1) is 18.0. The molecule has 11 heteroatoms. The van der Waals surface area contributed by atoms with E-state index in [9.17, 15) is 26.4 Å². The number of aliphatic carboxylic acids is 1. The molecule has 2 fully saturated rings. The van der Waals surface area contributed by atoms with Gasteiger partial charge in [-0.15, -0.1) is 0 Å². The lowest BCUT2D eigenvalue weighted by atomic mass is 9.87. The van der Waals surface area contributed by atoms with Crippen LogP contribution in [0.2, 0.25) is 0 Å². The van der Waals surface area contributed by atoms with Gasteiger partial charge in [0.05, 0.1) is 10.3 Å². The molecule has 0 atom stereocenters. The van der Waals surface area contributed by atoms with Crippen molar-refractivity contribution in [3.8, 4) is 0 Å². The summed E-state index contributed by atoms with van der Waals surface area (Å²) >= 11 is 0. The number of hydrogen-bond acceptors (Lipinski definition) is 4. The molecule has 2 aromatic rings. The maximum Gasteiger partial charge on any atom is 0.490 e. The van der Waals surface area contributed by atoms with Gasteiger partial charge in [-0.05, 0) is 66.5 Å². The van der Waals surface area contributed by atoms with Crippen LogP contribution < -0.4 is 10.0 Å². The van der Waals surface area contributed by atoms with Gasteiger partial charge in [-0.1, -0.05) is 64.3 Å². The van der Waals surface area contributed by atoms with Crippen molar-refractivity contribution in [2.75, 3.05) is 4.72 Å². The summed E-state index contributed by atoms with van der Waals surface area (Å²) in [5.41, 5.74) is 2.06. The third kappa shape index (κ3) is 7.97. The normalized spacial score (nSPS) is 17.4. The molecule has 1 amide bonds. The van der Waals surface area contributed by atoms with E-state index in [0.717, 1.165) is 36.8 Å². The average Bonchev–Trinajstić information content (AvgIpc) is 3.67. The van der Waals surface area contributed by atoms with Gasteiger partial charge in [0.2, 0.25) is 5.91 Å². The van der Waals surface area contributed by atoms with Crippen molar-refractivity contribution in [1.82, 2.24) is 5.32 Å². The summed E-state index contributed by atoms with van der Waals surface area (Å²) in [6.07, 6.45) is 2.37. The van der Waals surface area contributed by atoms with Gasteiger partial charge in [0.1, 0.15) is 0 Å². The van der Waals surface area contributed by atoms with Crippen molar-refractivity contribution in [3.05, 3.63) is 59.7 Å². The predicted octanol–water partition coefficient (Wildman–Crippen LogP) is 5.90. The summed E-state index contributed by atoms with van der Waals surface area (Å²) in [6.45, 7) is 6.29. The maximum atomic E-state index is 13.0. The predicted molar refractivity (Wildman–Crippen MR) is 142 cm³/mol. The summed E-state index contributed by atoms with van der Waals surface area (Å²) in [4.78, 5) is 22.1. The van der Waals surface area contributed by atoms with Gasteiger partial charge in [-0.25, -0.2) is 13.2 Å². The molecule has 3 N–H and O–H groups in total. The van der Waals surface area contributed by atoms with E-state index in [4.69, 9.17) is 9.90 Å². The summed E-state index contributed by atoms with van der Waals surface area (Å²) in [7, 11) is -3.67. The Hall–Kier alpha value is -3.08. The number of benzene rings is 2. The molecule has 0 unspecified atom stereocenters. The molecule has 0 spiro atoms. The average molecular weight is 569 g/mol.